The second kappa shape index (κ2) is 49.0. The molecule has 1 amide bonds. The number of aliphatic hydroxyl groups is 1. The first-order chi connectivity index (χ1) is 29.8. The van der Waals surface area contributed by atoms with E-state index in [1.165, 1.54) is 250 Å². The highest BCUT2D eigenvalue weighted by molar-refractivity contribution is 7.46. The summed E-state index contributed by atoms with van der Waals surface area (Å²) in [5, 5.41) is 13.5. The van der Waals surface area contributed by atoms with Crippen LogP contribution in [0.15, 0.2) is 0 Å². The number of phosphoric acid groups is 1. The van der Waals surface area contributed by atoms with Crippen LogP contribution >= 0.6 is 7.82 Å². The largest absolute Gasteiger partial charge is 0.469 e. The molecule has 0 heterocycles. The Hall–Kier alpha value is -0.460. The SMILES string of the molecule is CCCCCCCCCCCCCCCCCCCCCCCCCCCCCCCCCCCCCCC(=O)N[C@@H](COP(=O)(O)O)[C@H](O)CCCCCCCCCCC. The molecule has 61 heavy (non-hydrogen) atoms. The Morgan fingerprint density at radius 3 is 0.885 bits per heavy atom. The Bertz CT molecular complexity index is 915. The zero-order chi connectivity index (χ0) is 44.6. The molecule has 0 unspecified atom stereocenters. The summed E-state index contributed by atoms with van der Waals surface area (Å²) in [6.45, 7) is 4.13. The molecule has 0 aromatic carbocycles. The highest BCUT2D eigenvalue weighted by atomic mass is 31.2. The van der Waals surface area contributed by atoms with Crippen LogP contribution in [0.2, 0.25) is 0 Å². The number of aliphatic hydroxyl groups excluding tert-OH is 1. The van der Waals surface area contributed by atoms with E-state index in [1.54, 1.807) is 0 Å². The minimum atomic E-state index is -4.68. The van der Waals surface area contributed by atoms with Gasteiger partial charge in [0.05, 0.1) is 18.8 Å². The lowest BCUT2D eigenvalue weighted by molar-refractivity contribution is -0.123. The molecule has 0 radical (unpaired) electrons. The first kappa shape index (κ1) is 60.5. The number of phosphoric ester groups is 1. The molecule has 0 aliphatic heterocycles. The van der Waals surface area contributed by atoms with Gasteiger partial charge in [0.15, 0.2) is 0 Å². The van der Waals surface area contributed by atoms with Crippen molar-refractivity contribution in [2.45, 2.75) is 328 Å². The molecule has 7 nitrogen and oxygen atoms in total. The molecule has 8 heteroatoms. The lowest BCUT2D eigenvalue weighted by atomic mass is 10.0. The van der Waals surface area contributed by atoms with E-state index in [0.29, 0.717) is 12.8 Å². The molecule has 366 valence electrons. The molecule has 2 atom stereocenters. The van der Waals surface area contributed by atoms with E-state index in [9.17, 15) is 14.5 Å². The molecular weight excluding hydrogens is 778 g/mol. The number of hydrogen-bond acceptors (Lipinski definition) is 4. The summed E-state index contributed by atoms with van der Waals surface area (Å²) >= 11 is 0. The molecule has 0 bridgehead atoms. The van der Waals surface area contributed by atoms with Crippen LogP contribution in [0, 0.1) is 0 Å². The van der Waals surface area contributed by atoms with E-state index in [0.717, 1.165) is 38.5 Å². The lowest BCUT2D eigenvalue weighted by Gasteiger charge is -2.24. The van der Waals surface area contributed by atoms with Gasteiger partial charge in [0.25, 0.3) is 0 Å². The van der Waals surface area contributed by atoms with E-state index >= 15 is 0 Å². The van der Waals surface area contributed by atoms with E-state index in [-0.39, 0.29) is 5.91 Å². The van der Waals surface area contributed by atoms with Crippen LogP contribution < -0.4 is 5.32 Å². The van der Waals surface area contributed by atoms with E-state index < -0.39 is 26.6 Å². The van der Waals surface area contributed by atoms with Gasteiger partial charge in [0, 0.05) is 6.42 Å². The lowest BCUT2D eigenvalue weighted by Crippen LogP contribution is -2.46. The van der Waals surface area contributed by atoms with Crippen LogP contribution in [-0.4, -0.2) is 39.6 Å². The number of unbranched alkanes of at least 4 members (excludes halogenated alkanes) is 43. The summed E-state index contributed by atoms with van der Waals surface area (Å²) in [6, 6.07) is -0.818. The van der Waals surface area contributed by atoms with Crippen LogP contribution in [0.1, 0.15) is 316 Å². The molecule has 0 aliphatic carbocycles. The molecule has 0 spiro atoms. The summed E-state index contributed by atoms with van der Waals surface area (Å²) < 4.78 is 16.0. The molecule has 0 aromatic heterocycles. The number of amides is 1. The van der Waals surface area contributed by atoms with Gasteiger partial charge in [-0.25, -0.2) is 4.57 Å². The van der Waals surface area contributed by atoms with Gasteiger partial charge in [-0.15, -0.1) is 0 Å². The van der Waals surface area contributed by atoms with Crippen molar-refractivity contribution < 1.29 is 28.8 Å². The monoisotopic (exact) mass is 886 g/mol. The van der Waals surface area contributed by atoms with E-state index in [1.807, 2.05) is 0 Å². The minimum Gasteiger partial charge on any atom is -0.391 e. The average molecular weight is 886 g/mol. The van der Waals surface area contributed by atoms with Crippen LogP contribution in [-0.2, 0) is 13.9 Å². The normalized spacial score (nSPS) is 12.9. The standard InChI is InChI=1S/C53H108NO6P/c1-3-5-7-9-11-13-14-15-16-17-18-19-20-21-22-23-24-25-26-27-28-29-30-31-32-33-34-35-36-37-38-39-41-43-45-47-49-53(56)54-51(50-60-61(57,58)59)52(55)48-46-44-42-40-12-10-8-6-4-2/h51-52,55H,3-50H2,1-2H3,(H,54,56)(H2,57,58,59)/t51-,52+/m0/s1. The van der Waals surface area contributed by atoms with Gasteiger partial charge in [0.2, 0.25) is 5.91 Å². The first-order valence-corrected chi connectivity index (χ1v) is 29.0. The Morgan fingerprint density at radius 1 is 0.410 bits per heavy atom. The number of hydrogen-bond donors (Lipinski definition) is 4. The highest BCUT2D eigenvalue weighted by Gasteiger charge is 2.25. The number of carbonyl (C=O) groups is 1. The third kappa shape index (κ3) is 50.4. The third-order valence-corrected chi connectivity index (χ3v) is 13.6. The summed E-state index contributed by atoms with van der Waals surface area (Å²) in [5.41, 5.74) is 0. The quantitative estimate of drug-likeness (QED) is 0.0357. The summed E-state index contributed by atoms with van der Waals surface area (Å²) in [5.74, 6) is -0.188. The molecule has 0 saturated carbocycles. The third-order valence-electron chi connectivity index (χ3n) is 13.1. The van der Waals surface area contributed by atoms with Gasteiger partial charge in [-0.05, 0) is 12.8 Å². The van der Waals surface area contributed by atoms with Crippen molar-refractivity contribution in [3.05, 3.63) is 0 Å². The molecule has 0 aromatic rings. The van der Waals surface area contributed by atoms with Crippen molar-refractivity contribution in [2.75, 3.05) is 6.61 Å². The van der Waals surface area contributed by atoms with Crippen molar-refractivity contribution in [3.8, 4) is 0 Å². The summed E-state index contributed by atoms with van der Waals surface area (Å²) in [4.78, 5) is 30.9. The highest BCUT2D eigenvalue weighted by Crippen LogP contribution is 2.36. The molecular formula is C53H108NO6P. The van der Waals surface area contributed by atoms with Crippen molar-refractivity contribution in [1.29, 1.82) is 0 Å². The molecule has 0 rings (SSSR count). The molecule has 0 saturated heterocycles. The fraction of sp³-hybridized carbons (Fsp3) is 0.981. The van der Waals surface area contributed by atoms with Crippen molar-refractivity contribution in [2.24, 2.45) is 0 Å². The Balaban J connectivity index is 3.50. The van der Waals surface area contributed by atoms with Gasteiger partial charge in [-0.3, -0.25) is 9.32 Å². The van der Waals surface area contributed by atoms with Crippen LogP contribution in [0.25, 0.3) is 0 Å². The summed E-state index contributed by atoms with van der Waals surface area (Å²) in [6.07, 6.45) is 60.3. The zero-order valence-electron chi connectivity index (χ0n) is 41.1. The second-order valence-corrected chi connectivity index (χ2v) is 20.5. The minimum absolute atomic E-state index is 0.188. The fourth-order valence-electron chi connectivity index (χ4n) is 8.94. The zero-order valence-corrected chi connectivity index (χ0v) is 42.0. The maximum Gasteiger partial charge on any atom is 0.469 e. The average Bonchev–Trinajstić information content (AvgIpc) is 3.24. The Labute approximate surface area is 380 Å². The van der Waals surface area contributed by atoms with Gasteiger partial charge in [-0.1, -0.05) is 296 Å². The molecule has 0 aliphatic rings. The number of rotatable bonds is 52. The summed E-state index contributed by atoms with van der Waals surface area (Å²) in [7, 11) is -4.68. The van der Waals surface area contributed by atoms with Crippen LogP contribution in [0.3, 0.4) is 0 Å². The smallest absolute Gasteiger partial charge is 0.391 e. The maximum absolute atomic E-state index is 12.6. The first-order valence-electron chi connectivity index (χ1n) is 27.5. The topological polar surface area (TPSA) is 116 Å². The number of carbonyl (C=O) groups excluding carboxylic acids is 1. The predicted octanol–water partition coefficient (Wildman–Crippen LogP) is 17.3. The van der Waals surface area contributed by atoms with Crippen molar-refractivity contribution >= 4 is 13.7 Å². The van der Waals surface area contributed by atoms with Gasteiger partial charge in [0.1, 0.15) is 0 Å². The van der Waals surface area contributed by atoms with Gasteiger partial charge in [-0.2, -0.15) is 0 Å². The Morgan fingerprint density at radius 2 is 0.639 bits per heavy atom. The molecule has 4 N–H and O–H groups in total. The fourth-order valence-corrected chi connectivity index (χ4v) is 9.29. The van der Waals surface area contributed by atoms with Gasteiger partial charge >= 0.3 is 7.82 Å². The van der Waals surface area contributed by atoms with E-state index in [2.05, 4.69) is 23.7 Å². The predicted molar refractivity (Wildman–Crippen MR) is 264 cm³/mol. The van der Waals surface area contributed by atoms with Gasteiger partial charge < -0.3 is 20.2 Å². The van der Waals surface area contributed by atoms with Crippen molar-refractivity contribution in [1.82, 2.24) is 5.32 Å². The molecule has 0 fully saturated rings. The van der Waals surface area contributed by atoms with E-state index in [4.69, 9.17) is 9.79 Å². The number of nitrogens with one attached hydrogen (secondary N) is 1. The van der Waals surface area contributed by atoms with Crippen LogP contribution in [0.4, 0.5) is 0 Å². The second-order valence-electron chi connectivity index (χ2n) is 19.3. The van der Waals surface area contributed by atoms with Crippen LogP contribution in [0.5, 0.6) is 0 Å². The Kier molecular flexibility index (Phi) is 48.6. The van der Waals surface area contributed by atoms with Crippen molar-refractivity contribution in [3.63, 3.8) is 0 Å². The maximum atomic E-state index is 12.6.